The normalized spacial score (nSPS) is 14.3. The number of nitrogens with zero attached hydrogens (tertiary/aromatic N) is 6. The molecule has 3 aromatic carbocycles. The molecule has 14 heteroatoms. The number of aromatic nitrogens is 3. The summed E-state index contributed by atoms with van der Waals surface area (Å²) in [7, 11) is 0. The van der Waals surface area contributed by atoms with Gasteiger partial charge in [0.1, 0.15) is 5.82 Å². The Labute approximate surface area is 270 Å². The molecule has 1 N–H and O–H groups in total. The lowest BCUT2D eigenvalue weighted by Gasteiger charge is -2.22. The van der Waals surface area contributed by atoms with Gasteiger partial charge in [-0.2, -0.15) is 5.10 Å². The van der Waals surface area contributed by atoms with Crippen LogP contribution in [0.4, 0.5) is 10.1 Å². The minimum atomic E-state index is -0.527. The zero-order chi connectivity index (χ0) is 32.2. The second kappa shape index (κ2) is 13.4. The molecule has 0 radical (unpaired) electrons. The lowest BCUT2D eigenvalue weighted by molar-refractivity contribution is -0.385. The average molecular weight is 656 g/mol. The van der Waals surface area contributed by atoms with E-state index in [1.54, 1.807) is 16.7 Å². The van der Waals surface area contributed by atoms with E-state index in [0.29, 0.717) is 17.4 Å². The van der Waals surface area contributed by atoms with Crippen molar-refractivity contribution in [1.29, 1.82) is 0 Å². The summed E-state index contributed by atoms with van der Waals surface area (Å²) < 4.78 is 15.4. The second-order valence-corrected chi connectivity index (χ2v) is 12.2. The maximum absolute atomic E-state index is 13.7. The van der Waals surface area contributed by atoms with Gasteiger partial charge < -0.3 is 5.32 Å². The van der Waals surface area contributed by atoms with Gasteiger partial charge in [-0.3, -0.25) is 24.3 Å². The minimum absolute atomic E-state index is 0.0108. The van der Waals surface area contributed by atoms with Gasteiger partial charge in [-0.15, -0.1) is 21.5 Å². The van der Waals surface area contributed by atoms with Crippen LogP contribution in [0.2, 0.25) is 0 Å². The molecule has 1 aliphatic heterocycles. The molecule has 1 aliphatic rings. The Morgan fingerprint density at radius 3 is 2.54 bits per heavy atom. The summed E-state index contributed by atoms with van der Waals surface area (Å²) >= 11 is 2.72. The predicted molar refractivity (Wildman–Crippen MR) is 173 cm³/mol. The Kier molecular flexibility index (Phi) is 8.99. The highest BCUT2D eigenvalue weighted by Gasteiger charge is 2.34. The van der Waals surface area contributed by atoms with Crippen molar-refractivity contribution in [3.05, 3.63) is 134 Å². The molecule has 1 unspecified atom stereocenters. The summed E-state index contributed by atoms with van der Waals surface area (Å²) in [4.78, 5) is 38.5. The number of thioether (sulfide) groups is 1. The van der Waals surface area contributed by atoms with Crippen molar-refractivity contribution < 1.29 is 18.9 Å². The topological polar surface area (TPSA) is 136 Å². The maximum atomic E-state index is 13.7. The molecule has 11 nitrogen and oxygen atoms in total. The predicted octanol–water partition coefficient (Wildman–Crippen LogP) is 6.08. The lowest BCUT2D eigenvalue weighted by atomic mass is 10.0. The van der Waals surface area contributed by atoms with Crippen LogP contribution in [0.3, 0.4) is 0 Å². The number of amides is 2. The summed E-state index contributed by atoms with van der Waals surface area (Å²) in [6, 6.07) is 23.2. The first-order chi connectivity index (χ1) is 22.3. The van der Waals surface area contributed by atoms with E-state index in [1.165, 1.54) is 65.4 Å². The lowest BCUT2D eigenvalue weighted by Crippen LogP contribution is -2.28. The molecule has 0 bridgehead atoms. The van der Waals surface area contributed by atoms with Crippen LogP contribution in [-0.2, 0) is 11.3 Å². The molecule has 0 saturated carbocycles. The first kappa shape index (κ1) is 30.8. The molecule has 2 amide bonds. The molecule has 0 fully saturated rings. The second-order valence-electron chi connectivity index (χ2n) is 10.3. The third-order valence-electron chi connectivity index (χ3n) is 7.42. The number of rotatable bonds is 10. The molecular formula is C32H26FN7O4S2. The van der Waals surface area contributed by atoms with Crippen molar-refractivity contribution >= 4 is 46.3 Å². The number of nitrogens with one attached hydrogen (secondary N) is 1. The van der Waals surface area contributed by atoms with E-state index in [0.717, 1.165) is 21.8 Å². The Hall–Kier alpha value is -5.21. The summed E-state index contributed by atoms with van der Waals surface area (Å²) in [5.74, 6) is -0.718. The number of nitro groups is 1. The van der Waals surface area contributed by atoms with Crippen molar-refractivity contribution in [3.8, 4) is 5.69 Å². The number of hydrazone groups is 1. The van der Waals surface area contributed by atoms with Crippen molar-refractivity contribution in [2.24, 2.45) is 5.10 Å². The van der Waals surface area contributed by atoms with E-state index < -0.39 is 10.8 Å². The molecule has 46 heavy (non-hydrogen) atoms. The highest BCUT2D eigenvalue weighted by molar-refractivity contribution is 7.99. The molecule has 0 saturated heterocycles. The largest absolute Gasteiger partial charge is 0.345 e. The van der Waals surface area contributed by atoms with E-state index in [9.17, 15) is 24.1 Å². The van der Waals surface area contributed by atoms with E-state index in [1.807, 2.05) is 47.8 Å². The zero-order valence-corrected chi connectivity index (χ0v) is 26.0. The number of hydrogen-bond donors (Lipinski definition) is 1. The number of thiophene rings is 1. The fourth-order valence-corrected chi connectivity index (χ4v) is 6.68. The number of hydrogen-bond acceptors (Lipinski definition) is 9. The number of nitro benzene ring substituents is 1. The van der Waals surface area contributed by atoms with E-state index >= 15 is 0 Å². The molecular weight excluding hydrogens is 630 g/mol. The molecule has 1 atom stereocenters. The van der Waals surface area contributed by atoms with Crippen LogP contribution in [0, 0.1) is 22.9 Å². The standard InChI is InChI=1S/C32H26FN7O4S2/c1-20-24(9-5-10-26(20)40(43)44)31(42)34-18-29-35-36-32(38(29)23-7-3-2-4-8-23)46-19-30(41)39-27(21-12-14-22(33)15-13-21)17-25(37-39)28-11-6-16-45-28/h2-16,27H,17-19H2,1H3,(H,34,42). The first-order valence-electron chi connectivity index (χ1n) is 14.1. The van der Waals surface area contributed by atoms with Crippen LogP contribution in [-0.4, -0.2) is 48.0 Å². The van der Waals surface area contributed by atoms with Gasteiger partial charge in [0, 0.05) is 29.3 Å². The van der Waals surface area contributed by atoms with Gasteiger partial charge in [0.15, 0.2) is 11.0 Å². The Bertz CT molecular complexity index is 1930. The van der Waals surface area contributed by atoms with E-state index in [4.69, 9.17) is 0 Å². The smallest absolute Gasteiger partial charge is 0.273 e. The fraction of sp³-hybridized carbons (Fsp3) is 0.156. The Morgan fingerprint density at radius 2 is 1.83 bits per heavy atom. The van der Waals surface area contributed by atoms with Crippen molar-refractivity contribution in [3.63, 3.8) is 0 Å². The quantitative estimate of drug-likeness (QED) is 0.109. The van der Waals surface area contributed by atoms with Gasteiger partial charge in [0.05, 0.1) is 33.9 Å². The van der Waals surface area contributed by atoms with Crippen molar-refractivity contribution in [1.82, 2.24) is 25.1 Å². The molecule has 0 spiro atoms. The van der Waals surface area contributed by atoms with Crippen LogP contribution in [0.25, 0.3) is 5.69 Å². The minimum Gasteiger partial charge on any atom is -0.345 e. The number of halogens is 1. The van der Waals surface area contributed by atoms with Gasteiger partial charge in [0.2, 0.25) is 0 Å². The average Bonchev–Trinajstić information content (AvgIpc) is 3.83. The zero-order valence-electron chi connectivity index (χ0n) is 24.4. The van der Waals surface area contributed by atoms with E-state index in [-0.39, 0.29) is 46.9 Å². The summed E-state index contributed by atoms with van der Waals surface area (Å²) in [5, 5.41) is 31.3. The highest BCUT2D eigenvalue weighted by Crippen LogP contribution is 2.35. The van der Waals surface area contributed by atoms with E-state index in [2.05, 4.69) is 20.6 Å². The summed E-state index contributed by atoms with van der Waals surface area (Å²) in [6.45, 7) is 1.50. The van der Waals surface area contributed by atoms with Gasteiger partial charge in [-0.05, 0) is 54.3 Å². The number of carbonyl (C=O) groups is 2. The van der Waals surface area contributed by atoms with Gasteiger partial charge in [-0.25, -0.2) is 9.40 Å². The number of benzene rings is 3. The highest BCUT2D eigenvalue weighted by atomic mass is 32.2. The Balaban J connectivity index is 1.22. The molecule has 2 aromatic heterocycles. The molecule has 0 aliphatic carbocycles. The van der Waals surface area contributed by atoms with Crippen LogP contribution < -0.4 is 5.32 Å². The van der Waals surface area contributed by atoms with Crippen LogP contribution in [0.1, 0.15) is 44.6 Å². The summed E-state index contributed by atoms with van der Waals surface area (Å²) in [6.07, 6.45) is 0.497. The SMILES string of the molecule is Cc1c(C(=O)NCc2nnc(SCC(=O)N3N=C(c4cccs4)CC3c3ccc(F)cc3)n2-c2ccccc2)cccc1[N+](=O)[O-]. The maximum Gasteiger partial charge on any atom is 0.273 e. The fourth-order valence-electron chi connectivity index (χ4n) is 5.14. The molecule has 5 aromatic rings. The van der Waals surface area contributed by atoms with Gasteiger partial charge in [0.25, 0.3) is 17.5 Å². The first-order valence-corrected chi connectivity index (χ1v) is 16.0. The Morgan fingerprint density at radius 1 is 1.04 bits per heavy atom. The number of para-hydroxylation sites is 1. The molecule has 6 rings (SSSR count). The third-order valence-corrected chi connectivity index (χ3v) is 9.25. The molecule has 232 valence electrons. The summed E-state index contributed by atoms with van der Waals surface area (Å²) in [5.41, 5.74) is 2.59. The van der Waals surface area contributed by atoms with Gasteiger partial charge >= 0.3 is 0 Å². The van der Waals surface area contributed by atoms with Crippen molar-refractivity contribution in [2.45, 2.75) is 31.1 Å². The van der Waals surface area contributed by atoms with Crippen LogP contribution in [0.5, 0.6) is 0 Å². The van der Waals surface area contributed by atoms with Crippen molar-refractivity contribution in [2.75, 3.05) is 5.75 Å². The van der Waals surface area contributed by atoms with Gasteiger partial charge in [-0.1, -0.05) is 54.2 Å². The monoisotopic (exact) mass is 655 g/mol. The number of carbonyl (C=O) groups excluding carboxylic acids is 2. The van der Waals surface area contributed by atoms with Crippen LogP contribution >= 0.6 is 23.1 Å². The third kappa shape index (κ3) is 6.43. The van der Waals surface area contributed by atoms with Crippen LogP contribution in [0.15, 0.2) is 101 Å². The molecule has 3 heterocycles.